The van der Waals surface area contributed by atoms with Crippen molar-refractivity contribution in [1.29, 1.82) is 0 Å². The van der Waals surface area contributed by atoms with Crippen molar-refractivity contribution in [2.24, 2.45) is 0 Å². The monoisotopic (exact) mass is 258 g/mol. The summed E-state index contributed by atoms with van der Waals surface area (Å²) in [5, 5.41) is 6.55. The number of carbonyl (C=O) groups excluding carboxylic acids is 1. The molecule has 0 spiro atoms. The van der Waals surface area contributed by atoms with E-state index in [1.807, 2.05) is 0 Å². The van der Waals surface area contributed by atoms with Crippen LogP contribution in [0, 0.1) is 0 Å². The van der Waals surface area contributed by atoms with Gasteiger partial charge in [0, 0.05) is 25.0 Å². The highest BCUT2D eigenvalue weighted by Gasteiger charge is 2.21. The number of rotatable bonds is 5. The van der Waals surface area contributed by atoms with Crippen LogP contribution in [0.2, 0.25) is 0 Å². The second-order valence-electron chi connectivity index (χ2n) is 5.75. The third-order valence-electron chi connectivity index (χ3n) is 4.07. The first-order chi connectivity index (χ1) is 9.31. The van der Waals surface area contributed by atoms with E-state index in [9.17, 15) is 4.79 Å². The molecule has 0 saturated heterocycles. The third-order valence-corrected chi connectivity index (χ3v) is 4.07. The summed E-state index contributed by atoms with van der Waals surface area (Å²) in [6.07, 6.45) is 6.30. The highest BCUT2D eigenvalue weighted by molar-refractivity contribution is 5.76. The first-order valence-corrected chi connectivity index (χ1v) is 7.41. The van der Waals surface area contributed by atoms with Gasteiger partial charge in [-0.15, -0.1) is 0 Å². The molecule has 0 aliphatic heterocycles. The summed E-state index contributed by atoms with van der Waals surface area (Å²) in [5.74, 6) is 0.192. The molecule has 1 atom stereocenters. The summed E-state index contributed by atoms with van der Waals surface area (Å²) >= 11 is 0. The molecule has 0 radical (unpaired) electrons. The third kappa shape index (κ3) is 3.57. The van der Waals surface area contributed by atoms with E-state index in [1.54, 1.807) is 0 Å². The van der Waals surface area contributed by atoms with Crippen LogP contribution < -0.4 is 10.6 Å². The molecule has 1 aromatic carbocycles. The lowest BCUT2D eigenvalue weighted by molar-refractivity contribution is -0.121. The minimum Gasteiger partial charge on any atom is -0.353 e. The van der Waals surface area contributed by atoms with Crippen molar-refractivity contribution in [3.8, 4) is 0 Å². The molecule has 2 N–H and O–H groups in total. The van der Waals surface area contributed by atoms with Crippen molar-refractivity contribution >= 4 is 5.91 Å². The number of hydrogen-bond acceptors (Lipinski definition) is 2. The Hall–Kier alpha value is -1.35. The van der Waals surface area contributed by atoms with Gasteiger partial charge in [0.15, 0.2) is 0 Å². The number of carbonyl (C=O) groups is 1. The lowest BCUT2D eigenvalue weighted by Gasteiger charge is -2.25. The van der Waals surface area contributed by atoms with Gasteiger partial charge in [0.2, 0.25) is 5.91 Å². The minimum atomic E-state index is 0.192. The summed E-state index contributed by atoms with van der Waals surface area (Å²) in [6.45, 7) is 0.819. The predicted octanol–water partition coefficient (Wildman–Crippen LogP) is 1.80. The fourth-order valence-electron chi connectivity index (χ4n) is 2.80. The van der Waals surface area contributed by atoms with Crippen molar-refractivity contribution < 1.29 is 4.79 Å². The highest BCUT2D eigenvalue weighted by atomic mass is 16.1. The number of aryl methyl sites for hydroxylation is 1. The molecule has 19 heavy (non-hydrogen) atoms. The summed E-state index contributed by atoms with van der Waals surface area (Å²) in [4.78, 5) is 11.9. The predicted molar refractivity (Wildman–Crippen MR) is 76.0 cm³/mol. The molecule has 1 amide bonds. The van der Waals surface area contributed by atoms with Crippen LogP contribution in [-0.2, 0) is 17.6 Å². The second kappa shape index (κ2) is 5.74. The Morgan fingerprint density at radius 1 is 1.11 bits per heavy atom. The summed E-state index contributed by atoms with van der Waals surface area (Å²) in [7, 11) is 0. The van der Waals surface area contributed by atoms with Crippen LogP contribution in [-0.4, -0.2) is 24.5 Å². The molecule has 0 heterocycles. The van der Waals surface area contributed by atoms with Gasteiger partial charge in [-0.25, -0.2) is 0 Å². The molecule has 3 rings (SSSR count). The molecular formula is C16H22N2O. The van der Waals surface area contributed by atoms with Gasteiger partial charge in [0.05, 0.1) is 0 Å². The normalized spacial score (nSPS) is 21.8. The van der Waals surface area contributed by atoms with Gasteiger partial charge < -0.3 is 10.6 Å². The molecule has 3 nitrogen and oxygen atoms in total. The standard InChI is InChI=1S/C16H22N2O/c19-16(9-10-17-14-7-8-14)18-15-6-5-12-3-1-2-4-13(12)11-15/h1-4,14-15,17H,5-11H2,(H,18,19). The zero-order valence-corrected chi connectivity index (χ0v) is 11.3. The number of benzene rings is 1. The topological polar surface area (TPSA) is 41.1 Å². The molecule has 2 aliphatic carbocycles. The Kier molecular flexibility index (Phi) is 3.83. The summed E-state index contributed by atoms with van der Waals surface area (Å²) < 4.78 is 0. The Balaban J connectivity index is 1.44. The van der Waals surface area contributed by atoms with Crippen LogP contribution in [0.4, 0.5) is 0 Å². The molecule has 102 valence electrons. The molecule has 1 saturated carbocycles. The lowest BCUT2D eigenvalue weighted by atomic mass is 9.88. The average molecular weight is 258 g/mol. The van der Waals surface area contributed by atoms with Crippen molar-refractivity contribution in [1.82, 2.24) is 10.6 Å². The number of amides is 1. The first-order valence-electron chi connectivity index (χ1n) is 7.41. The van der Waals surface area contributed by atoms with Gasteiger partial charge in [0.25, 0.3) is 0 Å². The van der Waals surface area contributed by atoms with Crippen molar-refractivity contribution in [2.75, 3.05) is 6.54 Å². The zero-order chi connectivity index (χ0) is 13.1. The average Bonchev–Trinajstić information content (AvgIpc) is 3.23. The maximum Gasteiger partial charge on any atom is 0.221 e. The van der Waals surface area contributed by atoms with Crippen LogP contribution in [0.5, 0.6) is 0 Å². The molecule has 1 unspecified atom stereocenters. The van der Waals surface area contributed by atoms with E-state index in [2.05, 4.69) is 34.9 Å². The molecule has 2 aliphatic rings. The number of hydrogen-bond donors (Lipinski definition) is 2. The maximum absolute atomic E-state index is 11.9. The van der Waals surface area contributed by atoms with Crippen molar-refractivity contribution in [3.63, 3.8) is 0 Å². The second-order valence-corrected chi connectivity index (χ2v) is 5.75. The molecular weight excluding hydrogens is 236 g/mol. The molecule has 1 fully saturated rings. The van der Waals surface area contributed by atoms with Gasteiger partial charge >= 0.3 is 0 Å². The molecule has 1 aromatic rings. The SMILES string of the molecule is O=C(CCNC1CC1)NC1CCc2ccccc2C1. The van der Waals surface area contributed by atoms with Gasteiger partial charge in [-0.2, -0.15) is 0 Å². The van der Waals surface area contributed by atoms with E-state index in [0.717, 1.165) is 25.8 Å². The Morgan fingerprint density at radius 2 is 1.89 bits per heavy atom. The first kappa shape index (κ1) is 12.7. The number of nitrogens with one attached hydrogen (secondary N) is 2. The molecule has 0 aromatic heterocycles. The van der Waals surface area contributed by atoms with Crippen molar-refractivity contribution in [2.45, 2.75) is 50.6 Å². The highest BCUT2D eigenvalue weighted by Crippen LogP contribution is 2.21. The van der Waals surface area contributed by atoms with Gasteiger partial charge in [-0.3, -0.25) is 4.79 Å². The van der Waals surface area contributed by atoms with E-state index in [4.69, 9.17) is 0 Å². The fraction of sp³-hybridized carbons (Fsp3) is 0.562. The van der Waals surface area contributed by atoms with E-state index < -0.39 is 0 Å². The zero-order valence-electron chi connectivity index (χ0n) is 11.3. The molecule has 3 heteroatoms. The van der Waals surface area contributed by atoms with Crippen LogP contribution in [0.25, 0.3) is 0 Å². The quantitative estimate of drug-likeness (QED) is 0.845. The Labute approximate surface area is 114 Å². The molecule has 0 bridgehead atoms. The lowest BCUT2D eigenvalue weighted by Crippen LogP contribution is -2.40. The largest absolute Gasteiger partial charge is 0.353 e. The maximum atomic E-state index is 11.9. The van der Waals surface area contributed by atoms with Crippen LogP contribution >= 0.6 is 0 Å². The van der Waals surface area contributed by atoms with E-state index in [1.165, 1.54) is 24.0 Å². The van der Waals surface area contributed by atoms with Crippen LogP contribution in [0.1, 0.15) is 36.8 Å². The van der Waals surface area contributed by atoms with E-state index >= 15 is 0 Å². The van der Waals surface area contributed by atoms with Gasteiger partial charge in [-0.1, -0.05) is 24.3 Å². The van der Waals surface area contributed by atoms with E-state index in [-0.39, 0.29) is 5.91 Å². The Bertz CT molecular complexity index is 454. The smallest absolute Gasteiger partial charge is 0.221 e. The minimum absolute atomic E-state index is 0.192. The fourth-order valence-corrected chi connectivity index (χ4v) is 2.80. The summed E-state index contributed by atoms with van der Waals surface area (Å²) in [5.41, 5.74) is 2.85. The van der Waals surface area contributed by atoms with Crippen molar-refractivity contribution in [3.05, 3.63) is 35.4 Å². The van der Waals surface area contributed by atoms with Gasteiger partial charge in [0.1, 0.15) is 0 Å². The van der Waals surface area contributed by atoms with Crippen LogP contribution in [0.15, 0.2) is 24.3 Å². The summed E-state index contributed by atoms with van der Waals surface area (Å²) in [6, 6.07) is 9.58. The van der Waals surface area contributed by atoms with Gasteiger partial charge in [-0.05, 0) is 43.2 Å². The van der Waals surface area contributed by atoms with Crippen LogP contribution in [0.3, 0.4) is 0 Å². The number of fused-ring (bicyclic) bond motifs is 1. The Morgan fingerprint density at radius 3 is 2.68 bits per heavy atom. The van der Waals surface area contributed by atoms with E-state index in [0.29, 0.717) is 18.5 Å².